The van der Waals surface area contributed by atoms with Crippen LogP contribution in [-0.4, -0.2) is 24.5 Å². The topological polar surface area (TPSA) is 76.7 Å². The molecule has 0 radical (unpaired) electrons. The fraction of sp³-hybridized carbons (Fsp3) is 0.231. The number of aryl methyl sites for hydroxylation is 1. The maximum atomic E-state index is 12.6. The number of hydrogen-bond acceptors (Lipinski definition) is 4. The van der Waals surface area contributed by atoms with Crippen LogP contribution in [0.1, 0.15) is 36.7 Å². The molecule has 166 valence electrons. The fourth-order valence-corrected chi connectivity index (χ4v) is 3.17. The van der Waals surface area contributed by atoms with E-state index >= 15 is 0 Å². The summed E-state index contributed by atoms with van der Waals surface area (Å²) in [6.45, 7) is 6.10. The van der Waals surface area contributed by atoms with Crippen molar-refractivity contribution in [2.45, 2.75) is 33.3 Å². The zero-order valence-corrected chi connectivity index (χ0v) is 18.6. The van der Waals surface area contributed by atoms with Crippen molar-refractivity contribution in [1.82, 2.24) is 0 Å². The van der Waals surface area contributed by atoms with Gasteiger partial charge in [-0.05, 0) is 68.3 Å². The van der Waals surface area contributed by atoms with Crippen LogP contribution in [0.15, 0.2) is 72.8 Å². The second kappa shape index (κ2) is 11.0. The molecular weight excluding hydrogens is 404 g/mol. The fourth-order valence-electron chi connectivity index (χ4n) is 3.17. The Labute approximate surface area is 188 Å². The Morgan fingerprint density at radius 3 is 2.19 bits per heavy atom. The number of benzene rings is 3. The quantitative estimate of drug-likeness (QED) is 0.481. The first-order valence-electron chi connectivity index (χ1n) is 10.7. The van der Waals surface area contributed by atoms with Crippen LogP contribution in [0, 0.1) is 0 Å². The van der Waals surface area contributed by atoms with Crippen molar-refractivity contribution in [3.63, 3.8) is 0 Å². The Kier molecular flexibility index (Phi) is 7.86. The summed E-state index contributed by atoms with van der Waals surface area (Å²) in [4.78, 5) is 25.1. The van der Waals surface area contributed by atoms with Gasteiger partial charge < -0.3 is 20.1 Å². The number of amides is 2. The standard InChI is InChI=1S/C26H28N2O4/c1-4-19-10-6-7-11-22(19)27-26(30)20-14-16-21(17-15-20)32-18(3)25(29)28-23-12-8-9-13-24(23)31-5-2/h6-18H,4-5H2,1-3H3,(H,27,30)(H,28,29). The van der Waals surface area contributed by atoms with Crippen molar-refractivity contribution in [2.75, 3.05) is 17.2 Å². The minimum Gasteiger partial charge on any atom is -0.492 e. The Morgan fingerprint density at radius 1 is 0.844 bits per heavy atom. The van der Waals surface area contributed by atoms with Crippen LogP contribution < -0.4 is 20.1 Å². The number of rotatable bonds is 9. The van der Waals surface area contributed by atoms with E-state index < -0.39 is 6.10 Å². The van der Waals surface area contributed by atoms with E-state index in [1.165, 1.54) is 0 Å². The molecule has 0 aliphatic rings. The van der Waals surface area contributed by atoms with E-state index in [0.717, 1.165) is 17.7 Å². The lowest BCUT2D eigenvalue weighted by atomic mass is 10.1. The van der Waals surface area contributed by atoms with Crippen LogP contribution in [0.25, 0.3) is 0 Å². The van der Waals surface area contributed by atoms with Crippen molar-refractivity contribution >= 4 is 23.2 Å². The van der Waals surface area contributed by atoms with E-state index in [1.54, 1.807) is 43.3 Å². The van der Waals surface area contributed by atoms with Crippen LogP contribution in [0.4, 0.5) is 11.4 Å². The van der Waals surface area contributed by atoms with Crippen molar-refractivity contribution in [2.24, 2.45) is 0 Å². The van der Waals surface area contributed by atoms with Crippen LogP contribution in [0.2, 0.25) is 0 Å². The molecule has 6 heteroatoms. The SMILES string of the molecule is CCOc1ccccc1NC(=O)C(C)Oc1ccc(C(=O)Nc2ccccc2CC)cc1. The van der Waals surface area contributed by atoms with Gasteiger partial charge in [-0.15, -0.1) is 0 Å². The minimum atomic E-state index is -0.735. The molecule has 0 spiro atoms. The van der Waals surface area contributed by atoms with Gasteiger partial charge >= 0.3 is 0 Å². The van der Waals surface area contributed by atoms with Crippen LogP contribution in [-0.2, 0) is 11.2 Å². The predicted molar refractivity (Wildman–Crippen MR) is 127 cm³/mol. The zero-order valence-electron chi connectivity index (χ0n) is 18.6. The largest absolute Gasteiger partial charge is 0.492 e. The van der Waals surface area contributed by atoms with E-state index in [1.807, 2.05) is 50.2 Å². The monoisotopic (exact) mass is 432 g/mol. The van der Waals surface area contributed by atoms with Gasteiger partial charge in [-0.25, -0.2) is 0 Å². The first-order valence-corrected chi connectivity index (χ1v) is 10.7. The third kappa shape index (κ3) is 5.88. The molecule has 0 fully saturated rings. The summed E-state index contributed by atoms with van der Waals surface area (Å²) in [7, 11) is 0. The lowest BCUT2D eigenvalue weighted by Crippen LogP contribution is -2.30. The van der Waals surface area contributed by atoms with Gasteiger partial charge in [-0.3, -0.25) is 9.59 Å². The maximum absolute atomic E-state index is 12.6. The number of para-hydroxylation sites is 3. The highest BCUT2D eigenvalue weighted by Gasteiger charge is 2.17. The van der Waals surface area contributed by atoms with Crippen molar-refractivity contribution in [1.29, 1.82) is 0 Å². The molecule has 0 aromatic heterocycles. The highest BCUT2D eigenvalue weighted by molar-refractivity contribution is 6.04. The summed E-state index contributed by atoms with van der Waals surface area (Å²) >= 11 is 0. The second-order valence-corrected chi connectivity index (χ2v) is 7.17. The normalized spacial score (nSPS) is 11.3. The Bertz CT molecular complexity index is 1060. The summed E-state index contributed by atoms with van der Waals surface area (Å²) in [5.41, 5.74) is 2.98. The van der Waals surface area contributed by atoms with Crippen LogP contribution >= 0.6 is 0 Å². The number of hydrogen-bond donors (Lipinski definition) is 2. The van der Waals surface area contributed by atoms with Crippen LogP contribution in [0.3, 0.4) is 0 Å². The van der Waals surface area contributed by atoms with Crippen molar-refractivity contribution in [3.05, 3.63) is 83.9 Å². The maximum Gasteiger partial charge on any atom is 0.265 e. The molecule has 0 saturated heterocycles. The molecule has 1 atom stereocenters. The summed E-state index contributed by atoms with van der Waals surface area (Å²) in [5.74, 6) is 0.609. The van der Waals surface area contributed by atoms with Gasteiger partial charge in [0.25, 0.3) is 11.8 Å². The Balaban J connectivity index is 1.60. The molecule has 0 aliphatic heterocycles. The van der Waals surface area contributed by atoms with Crippen LogP contribution in [0.5, 0.6) is 11.5 Å². The summed E-state index contributed by atoms with van der Waals surface area (Å²) in [6.07, 6.45) is 0.0962. The highest BCUT2D eigenvalue weighted by atomic mass is 16.5. The molecule has 0 saturated carbocycles. The highest BCUT2D eigenvalue weighted by Crippen LogP contribution is 2.24. The van der Waals surface area contributed by atoms with E-state index in [0.29, 0.717) is 29.4 Å². The smallest absolute Gasteiger partial charge is 0.265 e. The Morgan fingerprint density at radius 2 is 1.50 bits per heavy atom. The van der Waals surface area contributed by atoms with E-state index in [2.05, 4.69) is 10.6 Å². The summed E-state index contributed by atoms with van der Waals surface area (Å²) in [5, 5.41) is 5.77. The molecule has 0 heterocycles. The number of anilines is 2. The molecule has 3 rings (SSSR count). The first-order chi connectivity index (χ1) is 15.5. The van der Waals surface area contributed by atoms with Crippen molar-refractivity contribution < 1.29 is 19.1 Å². The molecule has 0 bridgehead atoms. The predicted octanol–water partition coefficient (Wildman–Crippen LogP) is 5.31. The molecule has 6 nitrogen and oxygen atoms in total. The third-order valence-corrected chi connectivity index (χ3v) is 4.89. The van der Waals surface area contributed by atoms with Gasteiger partial charge in [-0.1, -0.05) is 37.3 Å². The second-order valence-electron chi connectivity index (χ2n) is 7.17. The molecule has 32 heavy (non-hydrogen) atoms. The molecule has 3 aromatic rings. The van der Waals surface area contributed by atoms with Gasteiger partial charge in [0.05, 0.1) is 12.3 Å². The third-order valence-electron chi connectivity index (χ3n) is 4.89. The summed E-state index contributed by atoms with van der Waals surface area (Å²) in [6, 6.07) is 21.7. The van der Waals surface area contributed by atoms with Gasteiger partial charge in [0, 0.05) is 11.3 Å². The average molecular weight is 433 g/mol. The van der Waals surface area contributed by atoms with Gasteiger partial charge in [-0.2, -0.15) is 0 Å². The summed E-state index contributed by atoms with van der Waals surface area (Å²) < 4.78 is 11.3. The van der Waals surface area contributed by atoms with E-state index in [9.17, 15) is 9.59 Å². The Hall–Kier alpha value is -3.80. The minimum absolute atomic E-state index is 0.198. The molecule has 3 aromatic carbocycles. The molecular formula is C26H28N2O4. The number of ether oxygens (including phenoxy) is 2. The lowest BCUT2D eigenvalue weighted by Gasteiger charge is -2.16. The van der Waals surface area contributed by atoms with Gasteiger partial charge in [0.2, 0.25) is 0 Å². The number of carbonyl (C=O) groups is 2. The van der Waals surface area contributed by atoms with E-state index in [4.69, 9.17) is 9.47 Å². The molecule has 2 amide bonds. The average Bonchev–Trinajstić information content (AvgIpc) is 2.81. The lowest BCUT2D eigenvalue weighted by molar-refractivity contribution is -0.122. The first kappa shape index (κ1) is 22.9. The number of carbonyl (C=O) groups excluding carboxylic acids is 2. The van der Waals surface area contributed by atoms with E-state index in [-0.39, 0.29) is 11.8 Å². The van der Waals surface area contributed by atoms with Gasteiger partial charge in [0.15, 0.2) is 6.10 Å². The molecule has 2 N–H and O–H groups in total. The van der Waals surface area contributed by atoms with Gasteiger partial charge in [0.1, 0.15) is 11.5 Å². The van der Waals surface area contributed by atoms with Crippen molar-refractivity contribution in [3.8, 4) is 11.5 Å². The zero-order chi connectivity index (χ0) is 22.9. The molecule has 1 unspecified atom stereocenters. The molecule has 0 aliphatic carbocycles. The number of nitrogens with one attached hydrogen (secondary N) is 2.